The third-order valence-electron chi connectivity index (χ3n) is 3.43. The molecule has 1 heterocycles. The van der Waals surface area contributed by atoms with Crippen molar-refractivity contribution in [2.45, 2.75) is 0 Å². The summed E-state index contributed by atoms with van der Waals surface area (Å²) in [5.41, 5.74) is 0. The zero-order chi connectivity index (χ0) is 15.1. The summed E-state index contributed by atoms with van der Waals surface area (Å²) in [7, 11) is 1.94. The number of amides is 1. The largest absolute Gasteiger partial charge is 0.492 e. The molecule has 2 rings (SSSR count). The monoisotopic (exact) mass is 311 g/mol. The van der Waals surface area contributed by atoms with Gasteiger partial charge in [0.1, 0.15) is 12.4 Å². The van der Waals surface area contributed by atoms with E-state index in [4.69, 9.17) is 16.3 Å². The van der Waals surface area contributed by atoms with Crippen molar-refractivity contribution in [3.8, 4) is 5.75 Å². The molecule has 1 aromatic rings. The van der Waals surface area contributed by atoms with E-state index in [0.717, 1.165) is 31.9 Å². The van der Waals surface area contributed by atoms with Crippen LogP contribution in [0, 0.1) is 0 Å². The first-order chi connectivity index (χ1) is 10.1. The first kappa shape index (κ1) is 16.1. The van der Waals surface area contributed by atoms with Crippen LogP contribution in [0.25, 0.3) is 0 Å². The van der Waals surface area contributed by atoms with Gasteiger partial charge in [-0.2, -0.15) is 0 Å². The number of nitrogens with zero attached hydrogens (tertiary/aromatic N) is 2. The van der Waals surface area contributed by atoms with Crippen molar-refractivity contribution >= 4 is 17.5 Å². The normalized spacial score (nSPS) is 15.3. The number of rotatable bonds is 6. The number of hydrogen-bond donors (Lipinski definition) is 1. The highest BCUT2D eigenvalue weighted by molar-refractivity contribution is 6.30. The molecule has 0 bridgehead atoms. The van der Waals surface area contributed by atoms with E-state index < -0.39 is 0 Å². The first-order valence-corrected chi connectivity index (χ1v) is 7.58. The van der Waals surface area contributed by atoms with Gasteiger partial charge in [-0.3, -0.25) is 9.69 Å². The second-order valence-corrected chi connectivity index (χ2v) is 5.61. The number of piperazine rings is 1. The Kier molecular flexibility index (Phi) is 6.29. The van der Waals surface area contributed by atoms with Crippen LogP contribution in [-0.4, -0.2) is 68.6 Å². The SMILES string of the molecule is CN(CCOc1ccc(Cl)cc1)CC(=O)N1CCNCC1. The maximum atomic E-state index is 12.1. The third-order valence-corrected chi connectivity index (χ3v) is 3.68. The molecule has 0 atom stereocenters. The lowest BCUT2D eigenvalue weighted by atomic mass is 10.3. The molecular weight excluding hydrogens is 290 g/mol. The zero-order valence-corrected chi connectivity index (χ0v) is 13.1. The Morgan fingerprint density at radius 2 is 2.00 bits per heavy atom. The lowest BCUT2D eigenvalue weighted by Gasteiger charge is -2.29. The van der Waals surface area contributed by atoms with Crippen molar-refractivity contribution in [2.75, 3.05) is 52.9 Å². The maximum absolute atomic E-state index is 12.1. The average Bonchev–Trinajstić information content (AvgIpc) is 2.50. The van der Waals surface area contributed by atoms with E-state index in [2.05, 4.69) is 5.32 Å². The average molecular weight is 312 g/mol. The Hall–Kier alpha value is -1.30. The van der Waals surface area contributed by atoms with Crippen LogP contribution in [0.3, 0.4) is 0 Å². The summed E-state index contributed by atoms with van der Waals surface area (Å²) >= 11 is 5.82. The van der Waals surface area contributed by atoms with Gasteiger partial charge in [0.15, 0.2) is 0 Å². The molecule has 21 heavy (non-hydrogen) atoms. The van der Waals surface area contributed by atoms with Gasteiger partial charge in [0.2, 0.25) is 5.91 Å². The van der Waals surface area contributed by atoms with Crippen LogP contribution in [-0.2, 0) is 4.79 Å². The number of nitrogens with one attached hydrogen (secondary N) is 1. The molecule has 1 aliphatic heterocycles. The third kappa shape index (κ3) is 5.53. The molecule has 6 heteroatoms. The van der Waals surface area contributed by atoms with Crippen molar-refractivity contribution in [3.63, 3.8) is 0 Å². The molecule has 1 N–H and O–H groups in total. The van der Waals surface area contributed by atoms with E-state index in [9.17, 15) is 4.79 Å². The van der Waals surface area contributed by atoms with Gasteiger partial charge in [-0.05, 0) is 31.3 Å². The summed E-state index contributed by atoms with van der Waals surface area (Å²) in [6.45, 7) is 5.06. The number of carbonyl (C=O) groups excluding carboxylic acids is 1. The smallest absolute Gasteiger partial charge is 0.236 e. The quantitative estimate of drug-likeness (QED) is 0.854. The van der Waals surface area contributed by atoms with Crippen molar-refractivity contribution in [2.24, 2.45) is 0 Å². The zero-order valence-electron chi connectivity index (χ0n) is 12.3. The minimum Gasteiger partial charge on any atom is -0.492 e. The van der Waals surface area contributed by atoms with E-state index in [1.807, 2.05) is 29.0 Å². The molecule has 1 aliphatic rings. The molecule has 1 saturated heterocycles. The predicted octanol–water partition coefficient (Wildman–Crippen LogP) is 1.08. The summed E-state index contributed by atoms with van der Waals surface area (Å²) in [4.78, 5) is 16.0. The fourth-order valence-corrected chi connectivity index (χ4v) is 2.30. The Morgan fingerprint density at radius 3 is 2.67 bits per heavy atom. The van der Waals surface area contributed by atoms with Gasteiger partial charge < -0.3 is 15.0 Å². The number of ether oxygens (including phenoxy) is 1. The Labute approximate surface area is 130 Å². The molecule has 1 aromatic carbocycles. The molecule has 116 valence electrons. The Bertz CT molecular complexity index is 447. The van der Waals surface area contributed by atoms with E-state index in [1.54, 1.807) is 12.1 Å². The van der Waals surface area contributed by atoms with Crippen LogP contribution < -0.4 is 10.1 Å². The highest BCUT2D eigenvalue weighted by atomic mass is 35.5. The summed E-state index contributed by atoms with van der Waals surface area (Å²) in [6, 6.07) is 7.28. The molecule has 1 fully saturated rings. The summed E-state index contributed by atoms with van der Waals surface area (Å²) < 4.78 is 5.62. The molecule has 1 amide bonds. The number of benzene rings is 1. The fraction of sp³-hybridized carbons (Fsp3) is 0.533. The highest BCUT2D eigenvalue weighted by Crippen LogP contribution is 2.15. The summed E-state index contributed by atoms with van der Waals surface area (Å²) in [6.07, 6.45) is 0. The molecule has 0 unspecified atom stereocenters. The van der Waals surface area contributed by atoms with E-state index >= 15 is 0 Å². The predicted molar refractivity (Wildman–Crippen MR) is 83.9 cm³/mol. The van der Waals surface area contributed by atoms with Crippen molar-refractivity contribution < 1.29 is 9.53 Å². The molecule has 0 radical (unpaired) electrons. The fourth-order valence-electron chi connectivity index (χ4n) is 2.17. The van der Waals surface area contributed by atoms with E-state index in [-0.39, 0.29) is 5.91 Å². The van der Waals surface area contributed by atoms with Crippen LogP contribution in [0.1, 0.15) is 0 Å². The molecular formula is C15H22ClN3O2. The number of carbonyl (C=O) groups is 1. The molecule has 0 spiro atoms. The number of halogens is 1. The topological polar surface area (TPSA) is 44.8 Å². The second-order valence-electron chi connectivity index (χ2n) is 5.17. The highest BCUT2D eigenvalue weighted by Gasteiger charge is 2.17. The Balaban J connectivity index is 1.65. The number of hydrogen-bond acceptors (Lipinski definition) is 4. The van der Waals surface area contributed by atoms with Gasteiger partial charge in [-0.1, -0.05) is 11.6 Å². The van der Waals surface area contributed by atoms with Gasteiger partial charge in [0.05, 0.1) is 6.54 Å². The van der Waals surface area contributed by atoms with Gasteiger partial charge in [-0.15, -0.1) is 0 Å². The lowest BCUT2D eigenvalue weighted by Crippen LogP contribution is -2.49. The minimum absolute atomic E-state index is 0.186. The lowest BCUT2D eigenvalue weighted by molar-refractivity contribution is -0.132. The number of likely N-dealkylation sites (N-methyl/N-ethyl adjacent to an activating group) is 1. The van der Waals surface area contributed by atoms with Crippen LogP contribution >= 0.6 is 11.6 Å². The van der Waals surface area contributed by atoms with Crippen LogP contribution in [0.2, 0.25) is 5.02 Å². The van der Waals surface area contributed by atoms with Crippen molar-refractivity contribution in [3.05, 3.63) is 29.3 Å². The van der Waals surface area contributed by atoms with Crippen LogP contribution in [0.4, 0.5) is 0 Å². The molecule has 0 aromatic heterocycles. The van der Waals surface area contributed by atoms with Crippen LogP contribution in [0.5, 0.6) is 5.75 Å². The molecule has 5 nitrogen and oxygen atoms in total. The van der Waals surface area contributed by atoms with Crippen LogP contribution in [0.15, 0.2) is 24.3 Å². The van der Waals surface area contributed by atoms with Gasteiger partial charge in [0, 0.05) is 37.7 Å². The molecule has 0 saturated carbocycles. The summed E-state index contributed by atoms with van der Waals surface area (Å²) in [5, 5.41) is 3.94. The van der Waals surface area contributed by atoms with E-state index in [1.165, 1.54) is 0 Å². The Morgan fingerprint density at radius 1 is 1.33 bits per heavy atom. The maximum Gasteiger partial charge on any atom is 0.236 e. The van der Waals surface area contributed by atoms with E-state index in [0.29, 0.717) is 24.7 Å². The first-order valence-electron chi connectivity index (χ1n) is 7.20. The minimum atomic E-state index is 0.186. The van der Waals surface area contributed by atoms with Gasteiger partial charge in [0.25, 0.3) is 0 Å². The van der Waals surface area contributed by atoms with Crippen molar-refractivity contribution in [1.29, 1.82) is 0 Å². The molecule has 0 aliphatic carbocycles. The second kappa shape index (κ2) is 8.22. The van der Waals surface area contributed by atoms with Gasteiger partial charge >= 0.3 is 0 Å². The van der Waals surface area contributed by atoms with Crippen molar-refractivity contribution in [1.82, 2.24) is 15.1 Å². The summed E-state index contributed by atoms with van der Waals surface area (Å²) in [5.74, 6) is 0.978. The van der Waals surface area contributed by atoms with Gasteiger partial charge in [-0.25, -0.2) is 0 Å². The standard InChI is InChI=1S/C15H22ClN3O2/c1-18(12-15(20)19-8-6-17-7-9-19)10-11-21-14-4-2-13(16)3-5-14/h2-5,17H,6-12H2,1H3.